The van der Waals surface area contributed by atoms with Crippen LogP contribution in [0.3, 0.4) is 0 Å². The predicted octanol–water partition coefficient (Wildman–Crippen LogP) is 6.59. The van der Waals surface area contributed by atoms with E-state index in [-0.39, 0.29) is 0 Å². The zero-order chi connectivity index (χ0) is 19.7. The summed E-state index contributed by atoms with van der Waals surface area (Å²) in [5, 5.41) is 0. The largest absolute Gasteiger partial charge is 0.423 e. The smallest absolute Gasteiger partial charge is 0.335 e. The zero-order valence-corrected chi connectivity index (χ0v) is 17.0. The number of aryl methyl sites for hydroxylation is 1. The van der Waals surface area contributed by atoms with Crippen LogP contribution >= 0.6 is 0 Å². The number of carbonyl (C=O) groups excluding carboxylic acids is 2. The van der Waals surface area contributed by atoms with Gasteiger partial charge in [0.05, 0.1) is 0 Å². The number of carbonyl (C=O) groups is 2. The molecule has 0 radical (unpaired) electrons. The van der Waals surface area contributed by atoms with Gasteiger partial charge in [0.15, 0.2) is 0 Å². The minimum atomic E-state index is -0.473. The maximum atomic E-state index is 12.1. The molecule has 3 nitrogen and oxygen atoms in total. The van der Waals surface area contributed by atoms with Crippen LogP contribution in [0.4, 0.5) is 0 Å². The van der Waals surface area contributed by atoms with Crippen molar-refractivity contribution >= 4 is 11.8 Å². The highest BCUT2D eigenvalue weighted by molar-refractivity contribution is 5.83. The molecule has 0 aromatic heterocycles. The fraction of sp³-hybridized carbons (Fsp3) is 0.583. The summed E-state index contributed by atoms with van der Waals surface area (Å²) in [5.74, 6) is 0.340. The molecule has 3 heteroatoms. The van der Waals surface area contributed by atoms with Gasteiger partial charge in [0.25, 0.3) is 0 Å². The molecule has 1 rings (SSSR count). The normalized spacial score (nSPS) is 10.6. The van der Waals surface area contributed by atoms with Gasteiger partial charge < -0.3 is 4.74 Å². The van der Waals surface area contributed by atoms with E-state index in [1.807, 2.05) is 18.2 Å². The Labute approximate surface area is 165 Å². The second-order valence-corrected chi connectivity index (χ2v) is 7.20. The summed E-state index contributed by atoms with van der Waals surface area (Å²) in [4.78, 5) is 23.5. The number of Topliss-reactive ketones (excluding diaryl/α,β-unsaturated/α-hetero) is 1. The van der Waals surface area contributed by atoms with Crippen molar-refractivity contribution in [2.24, 2.45) is 0 Å². The number of esters is 1. The first-order valence-electron chi connectivity index (χ1n) is 10.6. The molecular weight excluding hydrogens is 336 g/mol. The summed E-state index contributed by atoms with van der Waals surface area (Å²) in [7, 11) is 0. The van der Waals surface area contributed by atoms with E-state index in [1.54, 1.807) is 6.07 Å². The molecule has 0 heterocycles. The van der Waals surface area contributed by atoms with Crippen LogP contribution in [0, 0.1) is 0 Å². The van der Waals surface area contributed by atoms with Crippen molar-refractivity contribution in [3.05, 3.63) is 42.5 Å². The van der Waals surface area contributed by atoms with E-state index < -0.39 is 5.97 Å². The number of benzene rings is 1. The van der Waals surface area contributed by atoms with E-state index in [9.17, 15) is 9.59 Å². The molecule has 0 saturated heterocycles. The van der Waals surface area contributed by atoms with Crippen LogP contribution in [-0.4, -0.2) is 11.8 Å². The fourth-order valence-corrected chi connectivity index (χ4v) is 3.17. The van der Waals surface area contributed by atoms with Gasteiger partial charge in [-0.05, 0) is 24.5 Å². The first-order valence-corrected chi connectivity index (χ1v) is 10.6. The summed E-state index contributed by atoms with van der Waals surface area (Å²) < 4.78 is 5.23. The Hall–Kier alpha value is -1.90. The van der Waals surface area contributed by atoms with E-state index in [1.165, 1.54) is 51.4 Å². The van der Waals surface area contributed by atoms with Crippen molar-refractivity contribution in [1.29, 1.82) is 0 Å². The summed E-state index contributed by atoms with van der Waals surface area (Å²) in [6, 6.07) is 7.37. The van der Waals surface area contributed by atoms with E-state index in [4.69, 9.17) is 4.74 Å². The number of hydrogen-bond acceptors (Lipinski definition) is 3. The third-order valence-corrected chi connectivity index (χ3v) is 4.83. The highest BCUT2D eigenvalue weighted by atomic mass is 16.5. The highest BCUT2D eigenvalue weighted by Crippen LogP contribution is 2.20. The Kier molecular flexibility index (Phi) is 13.0. The Bertz CT molecular complexity index is 562. The lowest BCUT2D eigenvalue weighted by Gasteiger charge is -2.08. The molecule has 0 spiro atoms. The van der Waals surface area contributed by atoms with Gasteiger partial charge in [-0.2, -0.15) is 0 Å². The lowest BCUT2D eigenvalue weighted by Crippen LogP contribution is -2.06. The molecule has 0 fully saturated rings. The van der Waals surface area contributed by atoms with Crippen molar-refractivity contribution in [2.45, 2.75) is 90.4 Å². The maximum absolute atomic E-state index is 12.1. The minimum Gasteiger partial charge on any atom is -0.423 e. The molecule has 0 amide bonds. The molecule has 0 aliphatic carbocycles. The van der Waals surface area contributed by atoms with Crippen molar-refractivity contribution in [2.75, 3.05) is 0 Å². The second-order valence-electron chi connectivity index (χ2n) is 7.20. The number of hydrogen-bond donors (Lipinski definition) is 0. The summed E-state index contributed by atoms with van der Waals surface area (Å²) in [6.45, 7) is 5.66. The van der Waals surface area contributed by atoms with E-state index in [0.29, 0.717) is 30.8 Å². The number of ether oxygens (including phenoxy) is 1. The lowest BCUT2D eigenvalue weighted by atomic mass is 10.0. The van der Waals surface area contributed by atoms with Crippen LogP contribution < -0.4 is 4.74 Å². The molecule has 150 valence electrons. The lowest BCUT2D eigenvalue weighted by molar-refractivity contribution is -0.129. The quantitative estimate of drug-likeness (QED) is 0.142. The molecule has 1 aromatic carbocycles. The predicted molar refractivity (Wildman–Crippen MR) is 112 cm³/mol. The van der Waals surface area contributed by atoms with Crippen LogP contribution in [-0.2, 0) is 16.0 Å². The molecule has 0 atom stereocenters. The monoisotopic (exact) mass is 372 g/mol. The van der Waals surface area contributed by atoms with Gasteiger partial charge in [-0.3, -0.25) is 4.79 Å². The third-order valence-electron chi connectivity index (χ3n) is 4.83. The molecule has 27 heavy (non-hydrogen) atoms. The van der Waals surface area contributed by atoms with Gasteiger partial charge in [0, 0.05) is 18.9 Å². The third kappa shape index (κ3) is 11.4. The van der Waals surface area contributed by atoms with Crippen molar-refractivity contribution < 1.29 is 14.3 Å². The van der Waals surface area contributed by atoms with Crippen LogP contribution in [0.2, 0.25) is 0 Å². The van der Waals surface area contributed by atoms with Crippen LogP contribution in [0.5, 0.6) is 5.75 Å². The van der Waals surface area contributed by atoms with E-state index >= 15 is 0 Å². The maximum Gasteiger partial charge on any atom is 0.335 e. The zero-order valence-electron chi connectivity index (χ0n) is 17.0. The number of ketones is 1. The highest BCUT2D eigenvalue weighted by Gasteiger charge is 2.09. The average molecular weight is 373 g/mol. The Morgan fingerprint density at radius 2 is 1.48 bits per heavy atom. The molecule has 0 unspecified atom stereocenters. The topological polar surface area (TPSA) is 43.4 Å². The molecular formula is C24H36O3. The van der Waals surface area contributed by atoms with E-state index in [0.717, 1.165) is 24.5 Å². The first kappa shape index (κ1) is 23.1. The summed E-state index contributed by atoms with van der Waals surface area (Å²) in [5.41, 5.74) is 0.893. The number of rotatable bonds is 16. The Balaban J connectivity index is 2.12. The Morgan fingerprint density at radius 1 is 0.889 bits per heavy atom. The van der Waals surface area contributed by atoms with E-state index in [2.05, 4.69) is 13.5 Å². The summed E-state index contributed by atoms with van der Waals surface area (Å²) >= 11 is 0. The van der Waals surface area contributed by atoms with Crippen LogP contribution in [0.15, 0.2) is 36.9 Å². The SMILES string of the molecule is C=CC(=O)Oc1ccccc1CCC(=O)CCCCCCCCCCCC. The van der Waals surface area contributed by atoms with Gasteiger partial charge in [0.2, 0.25) is 0 Å². The summed E-state index contributed by atoms with van der Waals surface area (Å²) in [6.07, 6.45) is 15.7. The van der Waals surface area contributed by atoms with Crippen LogP contribution in [0.1, 0.15) is 89.5 Å². The molecule has 1 aromatic rings. The van der Waals surface area contributed by atoms with Gasteiger partial charge in [-0.1, -0.05) is 89.5 Å². The standard InChI is InChI=1S/C24H36O3/c1-3-5-6-7-8-9-10-11-12-13-17-22(25)20-19-21-16-14-15-18-23(21)27-24(26)4-2/h4,14-16,18H,2-3,5-13,17,19-20H2,1H3. The van der Waals surface area contributed by atoms with Crippen molar-refractivity contribution in [3.63, 3.8) is 0 Å². The van der Waals surface area contributed by atoms with Gasteiger partial charge >= 0.3 is 5.97 Å². The molecule has 0 N–H and O–H groups in total. The number of unbranched alkanes of at least 4 members (excludes halogenated alkanes) is 9. The second kappa shape index (κ2) is 15.2. The Morgan fingerprint density at radius 3 is 2.11 bits per heavy atom. The molecule has 0 aliphatic heterocycles. The minimum absolute atomic E-state index is 0.291. The van der Waals surface area contributed by atoms with Crippen molar-refractivity contribution in [1.82, 2.24) is 0 Å². The molecule has 0 aliphatic rings. The molecule has 0 bridgehead atoms. The number of para-hydroxylation sites is 1. The molecule has 0 saturated carbocycles. The van der Waals surface area contributed by atoms with Crippen LogP contribution in [0.25, 0.3) is 0 Å². The van der Waals surface area contributed by atoms with Gasteiger partial charge in [-0.25, -0.2) is 4.79 Å². The van der Waals surface area contributed by atoms with Gasteiger partial charge in [-0.15, -0.1) is 0 Å². The van der Waals surface area contributed by atoms with Crippen molar-refractivity contribution in [3.8, 4) is 5.75 Å². The fourth-order valence-electron chi connectivity index (χ4n) is 3.17. The first-order chi connectivity index (χ1) is 13.2. The average Bonchev–Trinajstić information content (AvgIpc) is 2.68. The van der Waals surface area contributed by atoms with Gasteiger partial charge in [0.1, 0.15) is 11.5 Å².